The third kappa shape index (κ3) is 2.38. The van der Waals surface area contributed by atoms with E-state index in [1.54, 1.807) is 25.3 Å². The summed E-state index contributed by atoms with van der Waals surface area (Å²) in [7, 11) is 1.65. The molecule has 5 nitrogen and oxygen atoms in total. The topological polar surface area (TPSA) is 56.8 Å². The molecule has 4 rings (SSSR count). The van der Waals surface area contributed by atoms with E-state index in [9.17, 15) is 4.79 Å². The molecule has 2 aliphatic rings. The van der Waals surface area contributed by atoms with Crippen molar-refractivity contribution in [3.8, 4) is 17.2 Å². The lowest BCUT2D eigenvalue weighted by atomic mass is 10.0. The zero-order chi connectivity index (χ0) is 15.9. The van der Waals surface area contributed by atoms with Crippen LogP contribution >= 0.6 is 0 Å². The Bertz CT molecular complexity index is 767. The molecule has 1 aliphatic carbocycles. The van der Waals surface area contributed by atoms with E-state index >= 15 is 0 Å². The summed E-state index contributed by atoms with van der Waals surface area (Å²) in [6.45, 7) is 0.200. The Balaban J connectivity index is 1.59. The van der Waals surface area contributed by atoms with E-state index in [0.717, 1.165) is 24.2 Å². The molecule has 5 heteroatoms. The van der Waals surface area contributed by atoms with Crippen LogP contribution in [0.5, 0.6) is 17.2 Å². The number of carbonyl (C=O) groups excluding carboxylic acids is 1. The molecule has 0 spiro atoms. The zero-order valence-electron chi connectivity index (χ0n) is 12.8. The van der Waals surface area contributed by atoms with Crippen molar-refractivity contribution in [3.05, 3.63) is 53.6 Å². The lowest BCUT2D eigenvalue weighted by Crippen LogP contribution is -2.35. The van der Waals surface area contributed by atoms with Crippen LogP contribution in [0.25, 0.3) is 0 Å². The molecule has 1 N–H and O–H groups in total. The van der Waals surface area contributed by atoms with E-state index in [4.69, 9.17) is 14.2 Å². The Labute approximate surface area is 134 Å². The minimum atomic E-state index is -0.333. The summed E-state index contributed by atoms with van der Waals surface area (Å²) in [5.74, 6) is 1.97. The molecule has 1 heterocycles. The first kappa shape index (κ1) is 13.9. The maximum atomic E-state index is 12.6. The van der Waals surface area contributed by atoms with Crippen molar-refractivity contribution in [1.29, 1.82) is 0 Å². The molecule has 0 saturated heterocycles. The van der Waals surface area contributed by atoms with Gasteiger partial charge in [0.25, 0.3) is 5.91 Å². The second-order valence-electron chi connectivity index (χ2n) is 5.80. The minimum absolute atomic E-state index is 0.119. The van der Waals surface area contributed by atoms with Crippen LogP contribution in [-0.4, -0.2) is 19.8 Å². The maximum absolute atomic E-state index is 12.6. The van der Waals surface area contributed by atoms with Gasteiger partial charge in [0.2, 0.25) is 6.79 Å². The van der Waals surface area contributed by atoms with Crippen LogP contribution in [-0.2, 0) is 5.54 Å². The Morgan fingerprint density at radius 3 is 2.70 bits per heavy atom. The largest absolute Gasteiger partial charge is 0.496 e. The fourth-order valence-corrected chi connectivity index (χ4v) is 2.95. The van der Waals surface area contributed by atoms with Gasteiger partial charge in [-0.25, -0.2) is 0 Å². The van der Waals surface area contributed by atoms with Crippen molar-refractivity contribution in [2.75, 3.05) is 13.9 Å². The summed E-state index contributed by atoms with van der Waals surface area (Å²) in [5, 5.41) is 3.15. The number of hydrogen-bond donors (Lipinski definition) is 1. The van der Waals surface area contributed by atoms with Gasteiger partial charge in [0, 0.05) is 11.1 Å². The molecule has 23 heavy (non-hydrogen) atoms. The van der Waals surface area contributed by atoms with Gasteiger partial charge in [-0.15, -0.1) is 0 Å². The third-order valence-corrected chi connectivity index (χ3v) is 4.36. The smallest absolute Gasteiger partial charge is 0.252 e. The first-order chi connectivity index (χ1) is 11.2. The fraction of sp³-hybridized carbons (Fsp3) is 0.278. The van der Waals surface area contributed by atoms with E-state index in [1.165, 1.54) is 0 Å². The molecule has 2 aromatic rings. The maximum Gasteiger partial charge on any atom is 0.252 e. The van der Waals surface area contributed by atoms with E-state index in [2.05, 4.69) is 5.32 Å². The molecule has 0 bridgehead atoms. The predicted octanol–water partition coefficient (Wildman–Crippen LogP) is 2.84. The van der Waals surface area contributed by atoms with Gasteiger partial charge < -0.3 is 19.5 Å². The number of methoxy groups -OCH3 is 1. The van der Waals surface area contributed by atoms with Crippen LogP contribution in [0.4, 0.5) is 0 Å². The molecule has 0 radical (unpaired) electrons. The summed E-state index contributed by atoms with van der Waals surface area (Å²) >= 11 is 0. The van der Waals surface area contributed by atoms with Gasteiger partial charge in [-0.05, 0) is 37.1 Å². The first-order valence-electron chi connectivity index (χ1n) is 7.57. The van der Waals surface area contributed by atoms with Crippen LogP contribution < -0.4 is 19.5 Å². The van der Waals surface area contributed by atoms with Crippen LogP contribution in [0.15, 0.2) is 42.5 Å². The summed E-state index contributed by atoms with van der Waals surface area (Å²) < 4.78 is 16.0. The highest BCUT2D eigenvalue weighted by atomic mass is 16.7. The minimum Gasteiger partial charge on any atom is -0.496 e. The Morgan fingerprint density at radius 2 is 1.91 bits per heavy atom. The SMILES string of the molecule is COc1ccccc1C1(NC(=O)c2ccc3c(c2)OCO3)CC1. The second-order valence-corrected chi connectivity index (χ2v) is 5.80. The van der Waals surface area contributed by atoms with Crippen LogP contribution in [0.1, 0.15) is 28.8 Å². The van der Waals surface area contributed by atoms with Gasteiger partial charge in [-0.1, -0.05) is 18.2 Å². The molecule has 2 aromatic carbocycles. The van der Waals surface area contributed by atoms with E-state index in [-0.39, 0.29) is 18.2 Å². The first-order valence-corrected chi connectivity index (χ1v) is 7.57. The van der Waals surface area contributed by atoms with Gasteiger partial charge in [-0.3, -0.25) is 4.79 Å². The molecule has 0 unspecified atom stereocenters. The lowest BCUT2D eigenvalue weighted by Gasteiger charge is -2.20. The highest BCUT2D eigenvalue weighted by Crippen LogP contribution is 2.49. The third-order valence-electron chi connectivity index (χ3n) is 4.36. The zero-order valence-corrected chi connectivity index (χ0v) is 12.8. The highest BCUT2D eigenvalue weighted by Gasteiger charge is 2.47. The van der Waals surface area contributed by atoms with Crippen molar-refractivity contribution < 1.29 is 19.0 Å². The molecule has 1 fully saturated rings. The van der Waals surface area contributed by atoms with Gasteiger partial charge in [0.05, 0.1) is 12.6 Å². The van der Waals surface area contributed by atoms with Crippen molar-refractivity contribution >= 4 is 5.91 Å². The van der Waals surface area contributed by atoms with Crippen LogP contribution in [0.3, 0.4) is 0 Å². The average Bonchev–Trinajstić information content (AvgIpc) is 3.21. The molecular weight excluding hydrogens is 294 g/mol. The summed E-state index contributed by atoms with van der Waals surface area (Å²) in [4.78, 5) is 12.6. The van der Waals surface area contributed by atoms with E-state index in [1.807, 2.05) is 24.3 Å². The van der Waals surface area contributed by atoms with Gasteiger partial charge in [-0.2, -0.15) is 0 Å². The Morgan fingerprint density at radius 1 is 1.13 bits per heavy atom. The number of hydrogen-bond acceptors (Lipinski definition) is 4. The van der Waals surface area contributed by atoms with Crippen molar-refractivity contribution in [1.82, 2.24) is 5.32 Å². The summed E-state index contributed by atoms with van der Waals surface area (Å²) in [5.41, 5.74) is 1.26. The standard InChI is InChI=1S/C18H17NO4/c1-21-14-5-3-2-4-13(14)18(8-9-18)19-17(20)12-6-7-15-16(10-12)23-11-22-15/h2-7,10H,8-9,11H2,1H3,(H,19,20). The quantitative estimate of drug-likeness (QED) is 0.943. The van der Waals surface area contributed by atoms with Gasteiger partial charge in [0.1, 0.15) is 5.75 Å². The molecule has 0 aromatic heterocycles. The fourth-order valence-electron chi connectivity index (χ4n) is 2.95. The molecule has 118 valence electrons. The second kappa shape index (κ2) is 5.19. The number of nitrogens with one attached hydrogen (secondary N) is 1. The number of rotatable bonds is 4. The molecule has 1 aliphatic heterocycles. The summed E-state index contributed by atoms with van der Waals surface area (Å²) in [6.07, 6.45) is 1.81. The van der Waals surface area contributed by atoms with Crippen LogP contribution in [0.2, 0.25) is 0 Å². The number of para-hydroxylation sites is 1. The normalized spacial score (nSPS) is 16.7. The number of amides is 1. The molecule has 1 amide bonds. The Kier molecular flexibility index (Phi) is 3.15. The van der Waals surface area contributed by atoms with Gasteiger partial charge >= 0.3 is 0 Å². The Hall–Kier alpha value is -2.69. The molecular formula is C18H17NO4. The lowest BCUT2D eigenvalue weighted by molar-refractivity contribution is 0.0930. The van der Waals surface area contributed by atoms with Crippen molar-refractivity contribution in [3.63, 3.8) is 0 Å². The number of benzene rings is 2. The monoisotopic (exact) mass is 311 g/mol. The summed E-state index contributed by atoms with van der Waals surface area (Å²) in [6, 6.07) is 13.0. The predicted molar refractivity (Wildman–Crippen MR) is 83.9 cm³/mol. The van der Waals surface area contributed by atoms with E-state index in [0.29, 0.717) is 17.1 Å². The highest BCUT2D eigenvalue weighted by molar-refractivity contribution is 5.95. The molecule has 0 atom stereocenters. The van der Waals surface area contributed by atoms with E-state index < -0.39 is 0 Å². The average molecular weight is 311 g/mol. The number of fused-ring (bicyclic) bond motifs is 1. The number of ether oxygens (including phenoxy) is 3. The van der Waals surface area contributed by atoms with Crippen molar-refractivity contribution in [2.24, 2.45) is 0 Å². The van der Waals surface area contributed by atoms with Crippen LogP contribution in [0, 0.1) is 0 Å². The van der Waals surface area contributed by atoms with Gasteiger partial charge in [0.15, 0.2) is 11.5 Å². The molecule has 1 saturated carbocycles. The number of carbonyl (C=O) groups is 1. The van der Waals surface area contributed by atoms with Crippen molar-refractivity contribution in [2.45, 2.75) is 18.4 Å².